The molecule has 8 nitrogen and oxygen atoms in total. The number of hydrogen-bond donors (Lipinski definition) is 3. The molecule has 0 aliphatic carbocycles. The molecule has 1 aliphatic heterocycles. The number of aromatic amines is 1. The van der Waals surface area contributed by atoms with Crippen molar-refractivity contribution in [2.24, 2.45) is 0 Å². The second kappa shape index (κ2) is 7.12. The zero-order chi connectivity index (χ0) is 16.1. The molecule has 3 N–H and O–H groups in total. The number of rotatable bonds is 7. The number of amides is 1. The number of H-pyrrole nitrogens is 1. The average Bonchev–Trinajstić information content (AvgIpc) is 3.19. The average molecular weight is 318 g/mol. The predicted octanol–water partition coefficient (Wildman–Crippen LogP) is 0.980. The van der Waals surface area contributed by atoms with Crippen LogP contribution in [0, 0.1) is 0 Å². The first-order chi connectivity index (χ1) is 11.3. The number of fused-ring (bicyclic) bond motifs is 1. The van der Waals surface area contributed by atoms with Gasteiger partial charge in [-0.05, 0) is 17.7 Å². The Morgan fingerprint density at radius 1 is 1.39 bits per heavy atom. The predicted molar refractivity (Wildman–Crippen MR) is 83.5 cm³/mol. The molecule has 0 atom stereocenters. The first-order valence-electron chi connectivity index (χ1n) is 7.21. The molecule has 1 aromatic heterocycles. The van der Waals surface area contributed by atoms with Crippen molar-refractivity contribution in [1.82, 2.24) is 15.5 Å². The fraction of sp³-hybridized carbons (Fsp3) is 0.333. The van der Waals surface area contributed by atoms with Gasteiger partial charge in [0.25, 0.3) is 0 Å². The van der Waals surface area contributed by atoms with Crippen LogP contribution in [-0.2, 0) is 9.53 Å². The SMILES string of the molecule is COCCNCC(=O)Nc1[nH]ncc1-c1ccc2c(c1)OCO2. The summed E-state index contributed by atoms with van der Waals surface area (Å²) in [6, 6.07) is 5.59. The van der Waals surface area contributed by atoms with Crippen LogP contribution in [0.1, 0.15) is 0 Å². The maximum Gasteiger partial charge on any atom is 0.239 e. The molecule has 0 bridgehead atoms. The molecule has 8 heteroatoms. The number of methoxy groups -OCH3 is 1. The van der Waals surface area contributed by atoms with Crippen molar-refractivity contribution in [2.75, 3.05) is 38.9 Å². The molecule has 122 valence electrons. The van der Waals surface area contributed by atoms with Crippen molar-refractivity contribution in [2.45, 2.75) is 0 Å². The van der Waals surface area contributed by atoms with Crippen molar-refractivity contribution in [3.05, 3.63) is 24.4 Å². The fourth-order valence-electron chi connectivity index (χ4n) is 2.22. The van der Waals surface area contributed by atoms with E-state index in [9.17, 15) is 4.79 Å². The molecule has 23 heavy (non-hydrogen) atoms. The number of benzene rings is 1. The molecule has 0 spiro atoms. The van der Waals surface area contributed by atoms with E-state index in [2.05, 4.69) is 20.8 Å². The highest BCUT2D eigenvalue weighted by atomic mass is 16.7. The Morgan fingerprint density at radius 2 is 2.26 bits per heavy atom. The molecule has 0 unspecified atom stereocenters. The Hall–Kier alpha value is -2.58. The van der Waals surface area contributed by atoms with E-state index in [-0.39, 0.29) is 19.2 Å². The number of ether oxygens (including phenoxy) is 3. The van der Waals surface area contributed by atoms with E-state index in [4.69, 9.17) is 14.2 Å². The highest BCUT2D eigenvalue weighted by Crippen LogP contribution is 2.37. The summed E-state index contributed by atoms with van der Waals surface area (Å²) in [7, 11) is 1.62. The standard InChI is InChI=1S/C15H18N4O4/c1-21-5-4-16-8-14(20)18-15-11(7-17-19-15)10-2-3-12-13(6-10)23-9-22-12/h2-3,6-7,16H,4-5,8-9H2,1H3,(H2,17,18,19,20). The van der Waals surface area contributed by atoms with Crippen LogP contribution in [0.2, 0.25) is 0 Å². The third-order valence-electron chi connectivity index (χ3n) is 3.36. The van der Waals surface area contributed by atoms with Crippen LogP contribution in [0.3, 0.4) is 0 Å². The second-order valence-electron chi connectivity index (χ2n) is 4.94. The topological polar surface area (TPSA) is 97.5 Å². The molecule has 1 aliphatic rings. The van der Waals surface area contributed by atoms with Gasteiger partial charge in [0.2, 0.25) is 12.7 Å². The van der Waals surface area contributed by atoms with Crippen molar-refractivity contribution < 1.29 is 19.0 Å². The summed E-state index contributed by atoms with van der Waals surface area (Å²) in [5.41, 5.74) is 1.67. The van der Waals surface area contributed by atoms with Gasteiger partial charge in [0.05, 0.1) is 19.3 Å². The first kappa shape index (κ1) is 15.3. The number of nitrogens with zero attached hydrogens (tertiary/aromatic N) is 1. The Labute approximate surface area is 133 Å². The van der Waals surface area contributed by atoms with Crippen LogP contribution in [0.4, 0.5) is 5.82 Å². The van der Waals surface area contributed by atoms with E-state index in [1.165, 1.54) is 0 Å². The summed E-state index contributed by atoms with van der Waals surface area (Å²) >= 11 is 0. The number of hydrogen-bond acceptors (Lipinski definition) is 6. The second-order valence-corrected chi connectivity index (χ2v) is 4.94. The molecule has 0 saturated carbocycles. The molecular formula is C15H18N4O4. The van der Waals surface area contributed by atoms with Crippen LogP contribution in [0.25, 0.3) is 11.1 Å². The van der Waals surface area contributed by atoms with Gasteiger partial charge in [-0.25, -0.2) is 0 Å². The summed E-state index contributed by atoms with van der Waals surface area (Å²) in [6.07, 6.45) is 1.66. The molecule has 1 aromatic carbocycles. The van der Waals surface area contributed by atoms with Crippen LogP contribution in [0.5, 0.6) is 11.5 Å². The van der Waals surface area contributed by atoms with E-state index in [0.29, 0.717) is 30.5 Å². The number of carbonyl (C=O) groups is 1. The monoisotopic (exact) mass is 318 g/mol. The third kappa shape index (κ3) is 3.61. The van der Waals surface area contributed by atoms with Crippen LogP contribution in [0.15, 0.2) is 24.4 Å². The Balaban J connectivity index is 1.66. The number of nitrogens with one attached hydrogen (secondary N) is 3. The Kier molecular flexibility index (Phi) is 4.74. The van der Waals surface area contributed by atoms with Gasteiger partial charge in [0.15, 0.2) is 11.5 Å². The van der Waals surface area contributed by atoms with E-state index in [1.807, 2.05) is 18.2 Å². The summed E-state index contributed by atoms with van der Waals surface area (Å²) in [5.74, 6) is 1.78. The summed E-state index contributed by atoms with van der Waals surface area (Å²) in [6.45, 7) is 1.59. The number of anilines is 1. The minimum absolute atomic E-state index is 0.160. The smallest absolute Gasteiger partial charge is 0.239 e. The molecule has 0 radical (unpaired) electrons. The van der Waals surface area contributed by atoms with Crippen LogP contribution >= 0.6 is 0 Å². The lowest BCUT2D eigenvalue weighted by Gasteiger charge is -2.07. The van der Waals surface area contributed by atoms with Crippen molar-refractivity contribution in [3.63, 3.8) is 0 Å². The van der Waals surface area contributed by atoms with E-state index >= 15 is 0 Å². The lowest BCUT2D eigenvalue weighted by Crippen LogP contribution is -2.30. The lowest BCUT2D eigenvalue weighted by atomic mass is 10.1. The molecular weight excluding hydrogens is 300 g/mol. The van der Waals surface area contributed by atoms with E-state index in [1.54, 1.807) is 13.3 Å². The van der Waals surface area contributed by atoms with Gasteiger partial charge in [-0.15, -0.1) is 0 Å². The maximum absolute atomic E-state index is 11.9. The molecule has 0 saturated heterocycles. The van der Waals surface area contributed by atoms with E-state index < -0.39 is 0 Å². The van der Waals surface area contributed by atoms with Gasteiger partial charge < -0.3 is 24.8 Å². The quantitative estimate of drug-likeness (QED) is 0.658. The molecule has 1 amide bonds. The number of aromatic nitrogens is 2. The third-order valence-corrected chi connectivity index (χ3v) is 3.36. The summed E-state index contributed by atoms with van der Waals surface area (Å²) < 4.78 is 15.6. The zero-order valence-electron chi connectivity index (χ0n) is 12.7. The van der Waals surface area contributed by atoms with Crippen LogP contribution in [-0.4, -0.2) is 49.7 Å². The Bertz CT molecular complexity index is 686. The van der Waals surface area contributed by atoms with Gasteiger partial charge in [-0.1, -0.05) is 6.07 Å². The van der Waals surface area contributed by atoms with Crippen molar-refractivity contribution in [3.8, 4) is 22.6 Å². The summed E-state index contributed by atoms with van der Waals surface area (Å²) in [5, 5.41) is 12.6. The van der Waals surface area contributed by atoms with Gasteiger partial charge in [-0.3, -0.25) is 9.89 Å². The minimum Gasteiger partial charge on any atom is -0.454 e. The maximum atomic E-state index is 11.9. The van der Waals surface area contributed by atoms with Crippen molar-refractivity contribution >= 4 is 11.7 Å². The lowest BCUT2D eigenvalue weighted by molar-refractivity contribution is -0.115. The molecule has 0 fully saturated rings. The molecule has 2 heterocycles. The van der Waals surface area contributed by atoms with Gasteiger partial charge in [0, 0.05) is 19.2 Å². The molecule has 2 aromatic rings. The molecule has 3 rings (SSSR count). The van der Waals surface area contributed by atoms with Gasteiger partial charge in [-0.2, -0.15) is 5.10 Å². The minimum atomic E-state index is -0.160. The van der Waals surface area contributed by atoms with Crippen LogP contribution < -0.4 is 20.1 Å². The normalized spacial score (nSPS) is 12.4. The largest absolute Gasteiger partial charge is 0.454 e. The fourth-order valence-corrected chi connectivity index (χ4v) is 2.22. The van der Waals surface area contributed by atoms with Crippen molar-refractivity contribution in [1.29, 1.82) is 0 Å². The van der Waals surface area contributed by atoms with Gasteiger partial charge in [0.1, 0.15) is 5.82 Å². The highest BCUT2D eigenvalue weighted by molar-refractivity contribution is 5.95. The first-order valence-corrected chi connectivity index (χ1v) is 7.21. The number of carbonyl (C=O) groups excluding carboxylic acids is 1. The van der Waals surface area contributed by atoms with E-state index in [0.717, 1.165) is 11.1 Å². The zero-order valence-corrected chi connectivity index (χ0v) is 12.7. The van der Waals surface area contributed by atoms with Gasteiger partial charge >= 0.3 is 0 Å². The summed E-state index contributed by atoms with van der Waals surface area (Å²) in [4.78, 5) is 11.9. The highest BCUT2D eigenvalue weighted by Gasteiger charge is 2.16. The Morgan fingerprint density at radius 3 is 3.13 bits per heavy atom.